The highest BCUT2D eigenvalue weighted by Crippen LogP contribution is 2.60. The van der Waals surface area contributed by atoms with E-state index in [0.717, 1.165) is 29.7 Å². The van der Waals surface area contributed by atoms with Crippen LogP contribution in [0.3, 0.4) is 0 Å². The Bertz CT molecular complexity index is 1350. The van der Waals surface area contributed by atoms with E-state index in [1.54, 1.807) is 22.9 Å². The van der Waals surface area contributed by atoms with Crippen LogP contribution >= 0.6 is 0 Å². The first-order chi connectivity index (χ1) is 20.4. The summed E-state index contributed by atoms with van der Waals surface area (Å²) >= 11 is 0. The minimum Gasteiger partial charge on any atom is -0.395 e. The van der Waals surface area contributed by atoms with E-state index in [1.165, 1.54) is 11.1 Å². The van der Waals surface area contributed by atoms with Crippen LogP contribution in [0.2, 0.25) is 18.6 Å². The molecule has 2 amide bonds. The summed E-state index contributed by atoms with van der Waals surface area (Å²) in [6.45, 7) is 12.2. The minimum absolute atomic E-state index is 0.0528. The molecule has 2 aliphatic heterocycles. The fraction of sp³-hybridized carbons (Fsp3) is 0.486. The summed E-state index contributed by atoms with van der Waals surface area (Å²) in [4.78, 5) is 31.5. The molecule has 2 heterocycles. The largest absolute Gasteiger partial charge is 0.395 e. The van der Waals surface area contributed by atoms with Crippen molar-refractivity contribution in [3.8, 4) is 0 Å². The maximum atomic E-state index is 16.2. The van der Waals surface area contributed by atoms with Crippen LogP contribution in [0.15, 0.2) is 77.9 Å². The Morgan fingerprint density at radius 1 is 1.09 bits per heavy atom. The van der Waals surface area contributed by atoms with Gasteiger partial charge in [0.2, 0.25) is 14.3 Å². The quantitative estimate of drug-likeness (QED) is 0.162. The number of anilines is 1. The van der Waals surface area contributed by atoms with Gasteiger partial charge < -0.3 is 23.8 Å². The number of benzene rings is 2. The van der Waals surface area contributed by atoms with E-state index in [4.69, 9.17) is 4.74 Å². The Morgan fingerprint density at radius 3 is 2.42 bits per heavy atom. The molecule has 0 aromatic heterocycles. The molecule has 0 aliphatic carbocycles. The maximum Gasteiger partial charge on any atom is 0.264 e. The first-order valence-electron chi connectivity index (χ1n) is 15.4. The number of aliphatic hydroxyl groups excluding tert-OH is 1. The van der Waals surface area contributed by atoms with Gasteiger partial charge in [-0.1, -0.05) is 78.8 Å². The summed E-state index contributed by atoms with van der Waals surface area (Å²) in [6, 6.07) is 17.2. The smallest absolute Gasteiger partial charge is 0.264 e. The van der Waals surface area contributed by atoms with Crippen molar-refractivity contribution in [3.63, 3.8) is 0 Å². The Balaban J connectivity index is 1.63. The molecule has 2 aliphatic rings. The van der Waals surface area contributed by atoms with Crippen molar-refractivity contribution >= 4 is 25.9 Å². The van der Waals surface area contributed by atoms with Crippen LogP contribution in [0.25, 0.3) is 0 Å². The van der Waals surface area contributed by atoms with Crippen molar-refractivity contribution in [2.24, 2.45) is 5.92 Å². The van der Waals surface area contributed by atoms with Gasteiger partial charge in [-0.15, -0.1) is 0 Å². The molecule has 0 radical (unpaired) electrons. The van der Waals surface area contributed by atoms with Crippen molar-refractivity contribution in [2.75, 3.05) is 24.6 Å². The summed E-state index contributed by atoms with van der Waals surface area (Å²) in [6.07, 6.45) is 5.35. The van der Waals surface area contributed by atoms with Gasteiger partial charge in [0.1, 0.15) is 0 Å². The van der Waals surface area contributed by atoms with Gasteiger partial charge in [0, 0.05) is 36.7 Å². The summed E-state index contributed by atoms with van der Waals surface area (Å²) in [7, 11) is -3.40. The molecule has 1 spiro atoms. The number of fused-ring (bicyclic) bond motifs is 2. The number of allylic oxidation sites excluding steroid dienone is 3. The molecule has 8 heteroatoms. The number of hydrogen-bond acceptors (Lipinski definition) is 4. The van der Waals surface area contributed by atoms with Gasteiger partial charge >= 0.3 is 0 Å². The molecular formula is C35H47FN2O4Si. The fourth-order valence-electron chi connectivity index (χ4n) is 6.84. The molecule has 0 unspecified atom stereocenters. The predicted molar refractivity (Wildman–Crippen MR) is 173 cm³/mol. The third-order valence-electron chi connectivity index (χ3n) is 8.90. The Morgan fingerprint density at radius 2 is 1.77 bits per heavy atom. The van der Waals surface area contributed by atoms with Crippen LogP contribution in [-0.2, 0) is 26.5 Å². The number of carbonyl (C=O) groups is 2. The number of rotatable bonds is 12. The van der Waals surface area contributed by atoms with E-state index in [2.05, 4.69) is 32.9 Å². The second-order valence-electron chi connectivity index (χ2n) is 12.8. The van der Waals surface area contributed by atoms with Gasteiger partial charge in [-0.3, -0.25) is 9.59 Å². The molecule has 1 fully saturated rings. The number of para-hydroxylation sites is 1. The molecule has 2 aromatic carbocycles. The fourth-order valence-corrected chi connectivity index (χ4v) is 9.33. The van der Waals surface area contributed by atoms with Crippen LogP contribution < -0.4 is 4.90 Å². The van der Waals surface area contributed by atoms with Gasteiger partial charge in [0.25, 0.3) is 5.91 Å². The first-order valence-corrected chi connectivity index (χ1v) is 18.4. The van der Waals surface area contributed by atoms with E-state index in [9.17, 15) is 14.7 Å². The molecule has 2 aromatic rings. The summed E-state index contributed by atoms with van der Waals surface area (Å²) in [5, 5.41) is 9.71. The standard InChI is InChI=1S/C35H47FN2O4Si/c1-25(2)13-12-14-26(3)19-20-38-30-18-11-10-17-29(30)35(34(38)41)27(4)33(43(5,6)36)31(42-35)23-32(40)37(21-22-39)24-28-15-8-7-9-16-28/h7-11,13,15-19,27,31,33,39H,12,14,20-24H2,1-6H3/b26-19+/t27-,31+,33-,35+/m0/s1. The lowest BCUT2D eigenvalue weighted by Crippen LogP contribution is -2.45. The Kier molecular flexibility index (Phi) is 10.5. The second-order valence-corrected chi connectivity index (χ2v) is 16.6. The van der Waals surface area contributed by atoms with Crippen molar-refractivity contribution in [1.29, 1.82) is 0 Å². The van der Waals surface area contributed by atoms with Gasteiger partial charge in [0.05, 0.1) is 24.8 Å². The van der Waals surface area contributed by atoms with Crippen molar-refractivity contribution < 1.29 is 23.5 Å². The van der Waals surface area contributed by atoms with Gasteiger partial charge in [-0.05, 0) is 58.3 Å². The summed E-state index contributed by atoms with van der Waals surface area (Å²) in [5.74, 6) is -0.871. The average Bonchev–Trinajstić information content (AvgIpc) is 3.38. The Labute approximate surface area is 257 Å². The van der Waals surface area contributed by atoms with E-state index in [-0.39, 0.29) is 31.4 Å². The molecule has 1 N–H and O–H groups in total. The first kappa shape index (κ1) is 32.8. The lowest BCUT2D eigenvalue weighted by atomic mass is 9.82. The van der Waals surface area contributed by atoms with Gasteiger partial charge in [-0.2, -0.15) is 0 Å². The lowest BCUT2D eigenvalue weighted by Gasteiger charge is -2.31. The number of nitrogens with zero attached hydrogens (tertiary/aromatic N) is 2. The zero-order valence-corrected chi connectivity index (χ0v) is 27.5. The Hall–Kier alpha value is -3.07. The van der Waals surface area contributed by atoms with Gasteiger partial charge in [0.15, 0.2) is 5.60 Å². The third-order valence-corrected chi connectivity index (χ3v) is 11.4. The lowest BCUT2D eigenvalue weighted by molar-refractivity contribution is -0.149. The number of carbonyl (C=O) groups excluding carboxylic acids is 2. The normalized spacial score (nSPS) is 23.5. The average molecular weight is 607 g/mol. The number of halogens is 1. The maximum absolute atomic E-state index is 16.2. The van der Waals surface area contributed by atoms with Gasteiger partial charge in [-0.25, -0.2) is 0 Å². The van der Waals surface area contributed by atoms with Crippen molar-refractivity contribution in [3.05, 3.63) is 89.0 Å². The molecule has 0 saturated carbocycles. The van der Waals surface area contributed by atoms with Crippen molar-refractivity contribution in [1.82, 2.24) is 4.90 Å². The number of aliphatic hydroxyl groups is 1. The highest BCUT2D eigenvalue weighted by Gasteiger charge is 2.66. The zero-order valence-electron chi connectivity index (χ0n) is 26.5. The minimum atomic E-state index is -3.40. The van der Waals surface area contributed by atoms with Crippen LogP contribution in [0.1, 0.15) is 58.1 Å². The number of amides is 2. The SMILES string of the molecule is CC(C)=CCC/C(C)=C/CN1C(=O)[C@]2(O[C@H](CC(=O)N(CCO)Cc3ccccc3)[C@@H]([Si](C)(C)F)[C@@H]2C)c2ccccc21. The molecule has 0 bridgehead atoms. The van der Waals surface area contributed by atoms with Crippen LogP contribution in [0, 0.1) is 5.92 Å². The van der Waals surface area contributed by atoms with Crippen LogP contribution in [0.4, 0.5) is 9.80 Å². The topological polar surface area (TPSA) is 70.1 Å². The van der Waals surface area contributed by atoms with Crippen LogP contribution in [-0.4, -0.2) is 56.0 Å². The highest BCUT2D eigenvalue weighted by atomic mass is 28.4. The zero-order chi connectivity index (χ0) is 31.4. The predicted octanol–water partition coefficient (Wildman–Crippen LogP) is 6.91. The van der Waals surface area contributed by atoms with E-state index in [1.807, 2.05) is 61.5 Å². The third kappa shape index (κ3) is 7.02. The number of ether oxygens (including phenoxy) is 1. The molecule has 4 atom stereocenters. The van der Waals surface area contributed by atoms with Crippen LogP contribution in [0.5, 0.6) is 0 Å². The molecule has 43 heavy (non-hydrogen) atoms. The van der Waals surface area contributed by atoms with E-state index < -0.39 is 31.6 Å². The van der Waals surface area contributed by atoms with E-state index in [0.29, 0.717) is 13.1 Å². The monoisotopic (exact) mass is 606 g/mol. The molecule has 1 saturated heterocycles. The highest BCUT2D eigenvalue weighted by molar-refractivity contribution is 6.72. The van der Waals surface area contributed by atoms with Crippen molar-refractivity contribution in [2.45, 2.75) is 83.8 Å². The molecule has 232 valence electrons. The molecule has 4 rings (SSSR count). The summed E-state index contributed by atoms with van der Waals surface area (Å²) < 4.78 is 22.9. The molecule has 6 nitrogen and oxygen atoms in total. The summed E-state index contributed by atoms with van der Waals surface area (Å²) in [5.41, 5.74) is 3.03. The van der Waals surface area contributed by atoms with E-state index >= 15 is 4.11 Å². The number of hydrogen-bond donors (Lipinski definition) is 1. The second kappa shape index (κ2) is 13.7. The molecular weight excluding hydrogens is 559 g/mol.